The number of rotatable bonds is 6. The van der Waals surface area contributed by atoms with Crippen LogP contribution in [0.1, 0.15) is 32.6 Å². The van der Waals surface area contributed by atoms with Crippen LogP contribution in [0.2, 0.25) is 0 Å². The average molecular weight is 317 g/mol. The van der Waals surface area contributed by atoms with Crippen LogP contribution in [0.5, 0.6) is 0 Å². The normalized spacial score (nSPS) is 12.1. The minimum atomic E-state index is -3.27. The van der Waals surface area contributed by atoms with Gasteiger partial charge in [0.15, 0.2) is 9.84 Å². The van der Waals surface area contributed by atoms with Gasteiger partial charge in [-0.1, -0.05) is 41.8 Å². The maximum Gasteiger partial charge on any atom is 0.199 e. The Hall–Kier alpha value is -0.610. The highest BCUT2D eigenvalue weighted by atomic mass is 79.9. The van der Waals surface area contributed by atoms with Crippen LogP contribution in [0, 0.1) is 0 Å². The molecule has 94 valence electrons. The molecule has 0 aliphatic carbocycles. The molecule has 0 unspecified atom stereocenters. The first kappa shape index (κ1) is 14.5. The van der Waals surface area contributed by atoms with Crippen LogP contribution in [0.25, 0.3) is 0 Å². The number of benzene rings is 1. The Labute approximate surface area is 112 Å². The second-order valence-electron chi connectivity index (χ2n) is 3.87. The van der Waals surface area contributed by atoms with E-state index in [0.29, 0.717) is 4.90 Å². The fourth-order valence-corrected chi connectivity index (χ4v) is 2.74. The maximum absolute atomic E-state index is 11.9. The highest BCUT2D eigenvalue weighted by Gasteiger charge is 2.08. The molecular formula is C13H17BrO2S. The van der Waals surface area contributed by atoms with E-state index in [1.54, 1.807) is 30.3 Å². The SMILES string of the molecule is CCCCC/C=C\S(=O)(=O)c1ccc(Br)cc1. The quantitative estimate of drug-likeness (QED) is 0.732. The predicted molar refractivity (Wildman–Crippen MR) is 74.6 cm³/mol. The molecule has 0 saturated heterocycles. The summed E-state index contributed by atoms with van der Waals surface area (Å²) in [5.74, 6) is 0. The third kappa shape index (κ3) is 5.04. The van der Waals surface area contributed by atoms with Crippen molar-refractivity contribution in [2.45, 2.75) is 37.5 Å². The van der Waals surface area contributed by atoms with Crippen molar-refractivity contribution in [3.63, 3.8) is 0 Å². The van der Waals surface area contributed by atoms with Crippen LogP contribution in [0.15, 0.2) is 45.1 Å². The highest BCUT2D eigenvalue weighted by Crippen LogP contribution is 2.16. The van der Waals surface area contributed by atoms with Crippen LogP contribution < -0.4 is 0 Å². The van der Waals surface area contributed by atoms with Gasteiger partial charge in [0.2, 0.25) is 0 Å². The van der Waals surface area contributed by atoms with Gasteiger partial charge in [0.1, 0.15) is 0 Å². The molecule has 0 bridgehead atoms. The number of allylic oxidation sites excluding steroid dienone is 1. The van der Waals surface area contributed by atoms with Crippen LogP contribution in [0.3, 0.4) is 0 Å². The molecule has 1 rings (SSSR count). The molecule has 17 heavy (non-hydrogen) atoms. The molecule has 1 aromatic carbocycles. The summed E-state index contributed by atoms with van der Waals surface area (Å²) in [4.78, 5) is 0.340. The Morgan fingerprint density at radius 3 is 2.41 bits per heavy atom. The lowest BCUT2D eigenvalue weighted by atomic mass is 10.2. The third-order valence-corrected chi connectivity index (χ3v) is 4.40. The van der Waals surface area contributed by atoms with Crippen LogP contribution in [-0.2, 0) is 9.84 Å². The van der Waals surface area contributed by atoms with Gasteiger partial charge in [-0.15, -0.1) is 0 Å². The van der Waals surface area contributed by atoms with E-state index in [-0.39, 0.29) is 0 Å². The topological polar surface area (TPSA) is 34.1 Å². The summed E-state index contributed by atoms with van der Waals surface area (Å²) in [5, 5.41) is 1.31. The lowest BCUT2D eigenvalue weighted by molar-refractivity contribution is 0.604. The van der Waals surface area contributed by atoms with Gasteiger partial charge in [-0.3, -0.25) is 0 Å². The third-order valence-electron chi connectivity index (χ3n) is 2.39. The van der Waals surface area contributed by atoms with Gasteiger partial charge in [-0.25, -0.2) is 8.42 Å². The van der Waals surface area contributed by atoms with E-state index < -0.39 is 9.84 Å². The standard InChI is InChI=1S/C13H17BrO2S/c1-2-3-4-5-6-11-17(15,16)13-9-7-12(14)8-10-13/h6-11H,2-5H2,1H3/b11-6-. The summed E-state index contributed by atoms with van der Waals surface area (Å²) in [6.07, 6.45) is 5.90. The molecule has 0 spiro atoms. The van der Waals surface area contributed by atoms with Crippen molar-refractivity contribution >= 4 is 25.8 Å². The molecule has 0 fully saturated rings. The number of unbranched alkanes of at least 4 members (excludes halogenated alkanes) is 3. The van der Waals surface area contributed by atoms with E-state index in [0.717, 1.165) is 30.2 Å². The predicted octanol–water partition coefficient (Wildman–Crippen LogP) is 4.32. The van der Waals surface area contributed by atoms with Crippen LogP contribution in [-0.4, -0.2) is 8.42 Å². The fraction of sp³-hybridized carbons (Fsp3) is 0.385. The fourth-order valence-electron chi connectivity index (χ4n) is 1.41. The Morgan fingerprint density at radius 2 is 1.82 bits per heavy atom. The summed E-state index contributed by atoms with van der Waals surface area (Å²) in [5.41, 5.74) is 0. The second kappa shape index (κ2) is 6.97. The zero-order valence-corrected chi connectivity index (χ0v) is 12.3. The zero-order valence-electron chi connectivity index (χ0n) is 9.90. The number of halogens is 1. The first-order chi connectivity index (χ1) is 8.06. The molecule has 0 atom stereocenters. The minimum absolute atomic E-state index is 0.340. The molecule has 1 aromatic rings. The van der Waals surface area contributed by atoms with Gasteiger partial charge in [-0.2, -0.15) is 0 Å². The van der Waals surface area contributed by atoms with Crippen molar-refractivity contribution in [3.05, 3.63) is 40.2 Å². The van der Waals surface area contributed by atoms with Gasteiger partial charge in [0.25, 0.3) is 0 Å². The Kier molecular flexibility index (Phi) is 5.92. The number of hydrogen-bond donors (Lipinski definition) is 0. The molecule has 0 saturated carbocycles. The van der Waals surface area contributed by atoms with E-state index in [1.807, 2.05) is 0 Å². The molecule has 0 radical (unpaired) electrons. The second-order valence-corrected chi connectivity index (χ2v) is 6.62. The summed E-state index contributed by atoms with van der Waals surface area (Å²) in [6.45, 7) is 2.13. The van der Waals surface area contributed by atoms with Gasteiger partial charge >= 0.3 is 0 Å². The molecule has 0 amide bonds. The van der Waals surface area contributed by atoms with E-state index in [9.17, 15) is 8.42 Å². The van der Waals surface area contributed by atoms with Gasteiger partial charge < -0.3 is 0 Å². The Morgan fingerprint density at radius 1 is 1.18 bits per heavy atom. The van der Waals surface area contributed by atoms with Crippen LogP contribution >= 0.6 is 15.9 Å². The molecule has 2 nitrogen and oxygen atoms in total. The number of hydrogen-bond acceptors (Lipinski definition) is 2. The molecule has 0 aliphatic rings. The lowest BCUT2D eigenvalue weighted by Gasteiger charge is -1.99. The van der Waals surface area contributed by atoms with Crippen molar-refractivity contribution in [2.24, 2.45) is 0 Å². The van der Waals surface area contributed by atoms with Crippen molar-refractivity contribution in [3.8, 4) is 0 Å². The Bertz CT molecular complexity index is 461. The van der Waals surface area contributed by atoms with Crippen molar-refractivity contribution in [1.82, 2.24) is 0 Å². The van der Waals surface area contributed by atoms with Gasteiger partial charge in [-0.05, 0) is 37.1 Å². The van der Waals surface area contributed by atoms with Gasteiger partial charge in [0, 0.05) is 9.88 Å². The maximum atomic E-state index is 11.9. The van der Waals surface area contributed by atoms with Crippen LogP contribution in [0.4, 0.5) is 0 Å². The summed E-state index contributed by atoms with van der Waals surface area (Å²) in [6, 6.07) is 6.68. The summed E-state index contributed by atoms with van der Waals surface area (Å²) < 4.78 is 24.6. The summed E-state index contributed by atoms with van der Waals surface area (Å²) in [7, 11) is -3.27. The molecular weight excluding hydrogens is 300 g/mol. The van der Waals surface area contributed by atoms with E-state index in [2.05, 4.69) is 22.9 Å². The average Bonchev–Trinajstić information content (AvgIpc) is 2.29. The first-order valence-electron chi connectivity index (χ1n) is 5.73. The van der Waals surface area contributed by atoms with E-state index in [1.165, 1.54) is 5.41 Å². The molecule has 0 heterocycles. The molecule has 0 aromatic heterocycles. The van der Waals surface area contributed by atoms with E-state index in [4.69, 9.17) is 0 Å². The summed E-state index contributed by atoms with van der Waals surface area (Å²) >= 11 is 3.28. The zero-order chi connectivity index (χ0) is 12.7. The highest BCUT2D eigenvalue weighted by molar-refractivity contribution is 9.10. The largest absolute Gasteiger partial charge is 0.219 e. The Balaban J connectivity index is 2.65. The number of sulfone groups is 1. The smallest absolute Gasteiger partial charge is 0.199 e. The lowest BCUT2D eigenvalue weighted by Crippen LogP contribution is -1.95. The molecule has 0 N–H and O–H groups in total. The van der Waals surface area contributed by atoms with Crippen molar-refractivity contribution in [1.29, 1.82) is 0 Å². The van der Waals surface area contributed by atoms with Crippen molar-refractivity contribution < 1.29 is 8.42 Å². The monoisotopic (exact) mass is 316 g/mol. The van der Waals surface area contributed by atoms with Gasteiger partial charge in [0.05, 0.1) is 4.90 Å². The molecule has 4 heteroatoms. The molecule has 0 aliphatic heterocycles. The van der Waals surface area contributed by atoms with Crippen molar-refractivity contribution in [2.75, 3.05) is 0 Å². The first-order valence-corrected chi connectivity index (χ1v) is 8.07. The van der Waals surface area contributed by atoms with E-state index >= 15 is 0 Å². The minimum Gasteiger partial charge on any atom is -0.219 e.